The molecule has 1 aliphatic rings. The van der Waals surface area contributed by atoms with Gasteiger partial charge in [-0.15, -0.1) is 0 Å². The van der Waals surface area contributed by atoms with Crippen molar-refractivity contribution in [3.63, 3.8) is 0 Å². The van der Waals surface area contributed by atoms with Crippen molar-refractivity contribution in [1.82, 2.24) is 9.97 Å². The van der Waals surface area contributed by atoms with E-state index in [1.54, 1.807) is 18.5 Å². The Labute approximate surface area is 179 Å². The molecule has 1 fully saturated rings. The molecule has 2 aromatic carbocycles. The molecule has 5 nitrogen and oxygen atoms in total. The normalized spacial score (nSPS) is 16.6. The quantitative estimate of drug-likeness (QED) is 0.417. The van der Waals surface area contributed by atoms with E-state index in [9.17, 15) is 5.11 Å². The largest absolute Gasteiger partial charge is 0.508 e. The topological polar surface area (TPSA) is 71.2 Å². The summed E-state index contributed by atoms with van der Waals surface area (Å²) in [4.78, 5) is 8.98. The van der Waals surface area contributed by atoms with Crippen LogP contribution in [0.3, 0.4) is 0 Å². The fraction of sp³-hybridized carbons (Fsp3) is 0.250. The number of furan rings is 1. The smallest absolute Gasteiger partial charge is 0.232 e. The second-order valence-corrected chi connectivity index (χ2v) is 8.90. The van der Waals surface area contributed by atoms with E-state index in [-0.39, 0.29) is 5.75 Å². The average molecular weight is 418 g/mol. The number of rotatable bonds is 5. The van der Waals surface area contributed by atoms with Crippen LogP contribution in [0.25, 0.3) is 33.6 Å². The predicted molar refractivity (Wildman–Crippen MR) is 123 cm³/mol. The lowest BCUT2D eigenvalue weighted by Gasteiger charge is -2.21. The van der Waals surface area contributed by atoms with Crippen molar-refractivity contribution in [3.8, 4) is 28.2 Å². The van der Waals surface area contributed by atoms with Gasteiger partial charge in [-0.05, 0) is 48.4 Å². The lowest BCUT2D eigenvalue weighted by atomic mass is 9.99. The zero-order chi connectivity index (χ0) is 20.3. The highest BCUT2D eigenvalue weighted by atomic mass is 32.2. The third-order valence-corrected chi connectivity index (χ3v) is 6.85. The number of fused-ring (bicyclic) bond motifs is 1. The highest BCUT2D eigenvalue weighted by molar-refractivity contribution is 7.99. The number of phenols is 1. The minimum absolute atomic E-state index is 0.225. The van der Waals surface area contributed by atoms with Gasteiger partial charge in [0.25, 0.3) is 0 Å². The molecule has 0 spiro atoms. The highest BCUT2D eigenvalue weighted by Crippen LogP contribution is 2.42. The van der Waals surface area contributed by atoms with Crippen molar-refractivity contribution in [1.29, 1.82) is 0 Å². The second-order valence-electron chi connectivity index (χ2n) is 7.49. The molecule has 1 saturated heterocycles. The first kappa shape index (κ1) is 19.0. The summed E-state index contributed by atoms with van der Waals surface area (Å²) >= 11 is 2.04. The van der Waals surface area contributed by atoms with Crippen LogP contribution in [0.1, 0.15) is 19.3 Å². The number of nitrogens with zero attached hydrogens (tertiary/aromatic N) is 2. The third-order valence-electron chi connectivity index (χ3n) is 5.45. The van der Waals surface area contributed by atoms with Gasteiger partial charge < -0.3 is 14.8 Å². The first-order chi connectivity index (χ1) is 14.8. The summed E-state index contributed by atoms with van der Waals surface area (Å²) < 4.78 is 6.23. The molecule has 1 atom stereocenters. The molecular formula is C24H23N3O2S. The molecule has 0 aliphatic carbocycles. The monoisotopic (exact) mass is 417 g/mol. The van der Waals surface area contributed by atoms with Crippen molar-refractivity contribution in [2.75, 3.05) is 17.6 Å². The van der Waals surface area contributed by atoms with Crippen molar-refractivity contribution >= 4 is 28.7 Å². The highest BCUT2D eigenvalue weighted by Gasteiger charge is 2.23. The van der Waals surface area contributed by atoms with Crippen molar-refractivity contribution < 1.29 is 9.52 Å². The van der Waals surface area contributed by atoms with E-state index in [2.05, 4.69) is 27.4 Å². The third kappa shape index (κ3) is 3.75. The van der Waals surface area contributed by atoms with Crippen LogP contribution >= 0.6 is 11.8 Å². The van der Waals surface area contributed by atoms with E-state index in [0.29, 0.717) is 11.0 Å². The Morgan fingerprint density at radius 2 is 1.83 bits per heavy atom. The van der Waals surface area contributed by atoms with Crippen LogP contribution in [0, 0.1) is 0 Å². The van der Waals surface area contributed by atoms with Gasteiger partial charge in [-0.1, -0.05) is 36.8 Å². The Balaban J connectivity index is 1.62. The summed E-state index contributed by atoms with van der Waals surface area (Å²) in [6, 6.07) is 17.2. The zero-order valence-corrected chi connectivity index (χ0v) is 17.4. The first-order valence-electron chi connectivity index (χ1n) is 10.3. The molecule has 0 saturated carbocycles. The maximum absolute atomic E-state index is 9.70. The molecule has 2 N–H and O–H groups in total. The first-order valence-corrected chi connectivity index (χ1v) is 11.3. The Hall–Kier alpha value is -2.99. The van der Waals surface area contributed by atoms with Crippen LogP contribution in [0.2, 0.25) is 0 Å². The van der Waals surface area contributed by atoms with E-state index in [1.807, 2.05) is 42.1 Å². The Bertz CT molecular complexity index is 1140. The molecule has 2 aromatic heterocycles. The Kier molecular flexibility index (Phi) is 5.32. The van der Waals surface area contributed by atoms with Gasteiger partial charge in [0.1, 0.15) is 23.7 Å². The SMILES string of the molecule is Oc1ccc(-c2oc3ncnc(NC[C@@H]4CCCCS4)c3c2-c2ccccc2)cc1. The van der Waals surface area contributed by atoms with Crippen LogP contribution in [0.15, 0.2) is 65.3 Å². The van der Waals surface area contributed by atoms with E-state index in [1.165, 1.54) is 25.0 Å². The number of nitrogens with one attached hydrogen (secondary N) is 1. The standard InChI is InChI=1S/C24H23N3O2S/c28-18-11-9-17(10-12-18)22-20(16-6-2-1-3-7-16)21-23(26-15-27-24(21)29-22)25-14-19-8-4-5-13-30-19/h1-3,6-7,9-12,15,19,28H,4-5,8,13-14H2,(H,25,26,27)/t19-/m0/s1. The molecule has 4 aromatic rings. The van der Waals surface area contributed by atoms with Gasteiger partial charge in [0.15, 0.2) is 0 Å². The van der Waals surface area contributed by atoms with E-state index in [4.69, 9.17) is 4.42 Å². The maximum Gasteiger partial charge on any atom is 0.232 e. The molecule has 0 amide bonds. The number of hydrogen-bond acceptors (Lipinski definition) is 6. The Morgan fingerprint density at radius 3 is 2.60 bits per heavy atom. The van der Waals surface area contributed by atoms with Crippen LogP contribution in [-0.2, 0) is 0 Å². The summed E-state index contributed by atoms with van der Waals surface area (Å²) in [6.07, 6.45) is 5.40. The van der Waals surface area contributed by atoms with E-state index < -0.39 is 0 Å². The molecule has 6 heteroatoms. The van der Waals surface area contributed by atoms with Crippen molar-refractivity contribution in [2.45, 2.75) is 24.5 Å². The molecule has 0 unspecified atom stereocenters. The van der Waals surface area contributed by atoms with Gasteiger partial charge in [-0.2, -0.15) is 11.8 Å². The number of anilines is 1. The van der Waals surface area contributed by atoms with Gasteiger partial charge in [0, 0.05) is 22.9 Å². The van der Waals surface area contributed by atoms with Crippen molar-refractivity contribution in [3.05, 3.63) is 60.9 Å². The van der Waals surface area contributed by atoms with Crippen LogP contribution in [-0.4, -0.2) is 32.6 Å². The van der Waals surface area contributed by atoms with E-state index >= 15 is 0 Å². The zero-order valence-electron chi connectivity index (χ0n) is 16.5. The van der Waals surface area contributed by atoms with Gasteiger partial charge >= 0.3 is 0 Å². The second kappa shape index (κ2) is 8.40. The molecule has 1 aliphatic heterocycles. The summed E-state index contributed by atoms with van der Waals surface area (Å²) in [5.74, 6) is 2.99. The molecule has 5 rings (SSSR count). The van der Waals surface area contributed by atoms with Gasteiger partial charge in [-0.3, -0.25) is 0 Å². The molecule has 3 heterocycles. The number of thioether (sulfide) groups is 1. The predicted octanol–water partition coefficient (Wildman–Crippen LogP) is 5.96. The van der Waals surface area contributed by atoms with Crippen LogP contribution < -0.4 is 5.32 Å². The van der Waals surface area contributed by atoms with Gasteiger partial charge in [0.05, 0.1) is 5.39 Å². The molecule has 0 bridgehead atoms. The summed E-state index contributed by atoms with van der Waals surface area (Å²) in [7, 11) is 0. The minimum Gasteiger partial charge on any atom is -0.508 e. The number of phenolic OH excluding ortho intramolecular Hbond substituents is 1. The molecular weight excluding hydrogens is 394 g/mol. The molecule has 30 heavy (non-hydrogen) atoms. The molecule has 0 radical (unpaired) electrons. The lowest BCUT2D eigenvalue weighted by Crippen LogP contribution is -2.20. The number of aromatic nitrogens is 2. The fourth-order valence-corrected chi connectivity index (χ4v) is 5.18. The average Bonchev–Trinajstić information content (AvgIpc) is 3.20. The van der Waals surface area contributed by atoms with E-state index in [0.717, 1.165) is 40.2 Å². The summed E-state index contributed by atoms with van der Waals surface area (Å²) in [6.45, 7) is 0.880. The van der Waals surface area contributed by atoms with Crippen molar-refractivity contribution in [2.24, 2.45) is 0 Å². The number of hydrogen-bond donors (Lipinski definition) is 2. The molecule has 152 valence electrons. The summed E-state index contributed by atoms with van der Waals surface area (Å²) in [5, 5.41) is 14.8. The maximum atomic E-state index is 9.70. The van der Waals surface area contributed by atoms with Crippen LogP contribution in [0.4, 0.5) is 5.82 Å². The fourth-order valence-electron chi connectivity index (χ4n) is 3.94. The Morgan fingerprint density at radius 1 is 1.00 bits per heavy atom. The summed E-state index contributed by atoms with van der Waals surface area (Å²) in [5.41, 5.74) is 3.46. The van der Waals surface area contributed by atoms with Crippen LogP contribution in [0.5, 0.6) is 5.75 Å². The van der Waals surface area contributed by atoms with Gasteiger partial charge in [-0.25, -0.2) is 9.97 Å². The van der Waals surface area contributed by atoms with Gasteiger partial charge in [0.2, 0.25) is 5.71 Å². The lowest BCUT2D eigenvalue weighted by molar-refractivity contribution is 0.475. The minimum atomic E-state index is 0.225. The number of benzene rings is 2. The number of aromatic hydroxyl groups is 1.